The number of aryl methyl sites for hydroxylation is 1. The predicted molar refractivity (Wildman–Crippen MR) is 103 cm³/mol. The minimum atomic E-state index is -0.237. The number of imidazole rings is 1. The summed E-state index contributed by atoms with van der Waals surface area (Å²) in [7, 11) is 0. The first-order chi connectivity index (χ1) is 12.1. The molecule has 2 heterocycles. The van der Waals surface area contributed by atoms with Gasteiger partial charge in [0.25, 0.3) is 5.91 Å². The van der Waals surface area contributed by atoms with Crippen LogP contribution in [0.1, 0.15) is 10.4 Å². The van der Waals surface area contributed by atoms with Crippen LogP contribution in [-0.4, -0.2) is 21.2 Å². The standard InChI is InChI=1S/C18H13Cl2N3OS/c19-14-5-4-12(9-15(14)20)17(24)21-13-3-1-2-11(8-13)16-10-23-6-7-25-18(23)22-16/h1-5,8-10H,6-7H2,(H,21,24). The van der Waals surface area contributed by atoms with Crippen molar-refractivity contribution in [2.24, 2.45) is 0 Å². The first-order valence-corrected chi connectivity index (χ1v) is 9.41. The van der Waals surface area contributed by atoms with Crippen molar-refractivity contribution in [2.75, 3.05) is 11.1 Å². The molecule has 1 amide bonds. The van der Waals surface area contributed by atoms with Crippen LogP contribution in [0.2, 0.25) is 10.0 Å². The van der Waals surface area contributed by atoms with Crippen molar-refractivity contribution in [1.29, 1.82) is 0 Å². The number of carbonyl (C=O) groups excluding carboxylic acids is 1. The van der Waals surface area contributed by atoms with E-state index in [0.29, 0.717) is 21.3 Å². The number of fused-ring (bicyclic) bond motifs is 1. The summed E-state index contributed by atoms with van der Waals surface area (Å²) in [5.74, 6) is 0.834. The third kappa shape index (κ3) is 3.40. The molecule has 1 aliphatic heterocycles. The van der Waals surface area contributed by atoms with Crippen molar-refractivity contribution < 1.29 is 4.79 Å². The van der Waals surface area contributed by atoms with E-state index in [9.17, 15) is 4.79 Å². The molecule has 0 unspecified atom stereocenters. The maximum absolute atomic E-state index is 12.4. The van der Waals surface area contributed by atoms with Crippen LogP contribution in [0.25, 0.3) is 11.3 Å². The molecule has 0 saturated heterocycles. The van der Waals surface area contributed by atoms with E-state index in [1.54, 1.807) is 30.0 Å². The van der Waals surface area contributed by atoms with Crippen molar-refractivity contribution >= 4 is 46.6 Å². The summed E-state index contributed by atoms with van der Waals surface area (Å²) in [5.41, 5.74) is 3.04. The van der Waals surface area contributed by atoms with Gasteiger partial charge in [-0.15, -0.1) is 0 Å². The molecule has 1 aromatic heterocycles. The Morgan fingerprint density at radius 1 is 1.16 bits per heavy atom. The molecule has 1 aliphatic rings. The Morgan fingerprint density at radius 3 is 2.84 bits per heavy atom. The highest BCUT2D eigenvalue weighted by atomic mass is 35.5. The van der Waals surface area contributed by atoms with Gasteiger partial charge in [-0.05, 0) is 30.3 Å². The van der Waals surface area contributed by atoms with Crippen LogP contribution < -0.4 is 5.32 Å². The highest BCUT2D eigenvalue weighted by molar-refractivity contribution is 7.99. The lowest BCUT2D eigenvalue weighted by molar-refractivity contribution is 0.102. The minimum Gasteiger partial charge on any atom is -0.325 e. The van der Waals surface area contributed by atoms with Crippen LogP contribution in [0.3, 0.4) is 0 Å². The quantitative estimate of drug-likeness (QED) is 0.668. The summed E-state index contributed by atoms with van der Waals surface area (Å²) in [6.45, 7) is 0.987. The highest BCUT2D eigenvalue weighted by Crippen LogP contribution is 2.30. The van der Waals surface area contributed by atoms with Gasteiger partial charge in [0.1, 0.15) is 0 Å². The summed E-state index contributed by atoms with van der Waals surface area (Å²) < 4.78 is 2.15. The molecule has 0 bridgehead atoms. The Labute approximate surface area is 159 Å². The number of halogens is 2. The first-order valence-electron chi connectivity index (χ1n) is 7.67. The second-order valence-corrected chi connectivity index (χ2v) is 7.49. The molecular weight excluding hydrogens is 377 g/mol. The Hall–Kier alpha value is -1.95. The molecular formula is C18H13Cl2N3OS. The van der Waals surface area contributed by atoms with Crippen molar-refractivity contribution in [3.63, 3.8) is 0 Å². The van der Waals surface area contributed by atoms with Gasteiger partial charge < -0.3 is 9.88 Å². The fourth-order valence-corrected chi connectivity index (χ4v) is 3.89. The molecule has 2 aromatic carbocycles. The van der Waals surface area contributed by atoms with E-state index in [-0.39, 0.29) is 5.91 Å². The lowest BCUT2D eigenvalue weighted by atomic mass is 10.1. The first kappa shape index (κ1) is 16.5. The van der Waals surface area contributed by atoms with Crippen molar-refractivity contribution in [3.05, 3.63) is 64.3 Å². The van der Waals surface area contributed by atoms with Gasteiger partial charge in [-0.2, -0.15) is 0 Å². The molecule has 0 fully saturated rings. The highest BCUT2D eigenvalue weighted by Gasteiger charge is 2.15. The van der Waals surface area contributed by atoms with E-state index >= 15 is 0 Å². The van der Waals surface area contributed by atoms with E-state index in [1.165, 1.54) is 0 Å². The smallest absolute Gasteiger partial charge is 0.255 e. The Kier molecular flexibility index (Phi) is 4.46. The fraction of sp³-hybridized carbons (Fsp3) is 0.111. The van der Waals surface area contributed by atoms with Gasteiger partial charge >= 0.3 is 0 Å². The zero-order valence-corrected chi connectivity index (χ0v) is 15.3. The van der Waals surface area contributed by atoms with E-state index in [1.807, 2.05) is 24.3 Å². The molecule has 1 N–H and O–H groups in total. The number of hydrogen-bond donors (Lipinski definition) is 1. The van der Waals surface area contributed by atoms with Crippen molar-refractivity contribution in [2.45, 2.75) is 11.7 Å². The number of aromatic nitrogens is 2. The summed E-state index contributed by atoms with van der Waals surface area (Å²) in [5, 5.41) is 4.70. The van der Waals surface area contributed by atoms with E-state index in [4.69, 9.17) is 23.2 Å². The van der Waals surface area contributed by atoms with Gasteiger partial charge in [0.2, 0.25) is 0 Å². The predicted octanol–water partition coefficient (Wildman–Crippen LogP) is 5.21. The zero-order valence-electron chi connectivity index (χ0n) is 13.0. The molecule has 0 radical (unpaired) electrons. The minimum absolute atomic E-state index is 0.237. The van der Waals surface area contributed by atoms with Gasteiger partial charge in [-0.3, -0.25) is 4.79 Å². The van der Waals surface area contributed by atoms with Crippen LogP contribution in [-0.2, 0) is 6.54 Å². The van der Waals surface area contributed by atoms with Crippen molar-refractivity contribution in [3.8, 4) is 11.3 Å². The molecule has 3 aromatic rings. The lowest BCUT2D eigenvalue weighted by Crippen LogP contribution is -2.11. The number of thioether (sulfide) groups is 1. The normalized spacial score (nSPS) is 12.9. The number of rotatable bonds is 3. The number of nitrogens with zero attached hydrogens (tertiary/aromatic N) is 2. The summed E-state index contributed by atoms with van der Waals surface area (Å²) >= 11 is 13.6. The van der Waals surface area contributed by atoms with Gasteiger partial charge in [-0.25, -0.2) is 4.98 Å². The van der Waals surface area contributed by atoms with E-state index in [2.05, 4.69) is 21.1 Å². The lowest BCUT2D eigenvalue weighted by Gasteiger charge is -2.07. The van der Waals surface area contributed by atoms with Gasteiger partial charge in [0.05, 0.1) is 15.7 Å². The molecule has 0 saturated carbocycles. The fourth-order valence-electron chi connectivity index (χ4n) is 2.65. The van der Waals surface area contributed by atoms with E-state index in [0.717, 1.165) is 28.7 Å². The SMILES string of the molecule is O=C(Nc1cccc(-c2cn3c(n2)SCC3)c1)c1ccc(Cl)c(Cl)c1. The summed E-state index contributed by atoms with van der Waals surface area (Å²) in [6, 6.07) is 12.5. The monoisotopic (exact) mass is 389 g/mol. The zero-order chi connectivity index (χ0) is 17.4. The molecule has 4 rings (SSSR count). The van der Waals surface area contributed by atoms with Crippen molar-refractivity contribution in [1.82, 2.24) is 9.55 Å². The average Bonchev–Trinajstić information content (AvgIpc) is 3.19. The number of hydrogen-bond acceptors (Lipinski definition) is 3. The number of carbonyl (C=O) groups is 1. The maximum Gasteiger partial charge on any atom is 0.255 e. The number of benzene rings is 2. The van der Waals surface area contributed by atoms with Crippen LogP contribution in [0, 0.1) is 0 Å². The average molecular weight is 390 g/mol. The van der Waals surface area contributed by atoms with Crippen LogP contribution in [0.15, 0.2) is 53.8 Å². The Balaban J connectivity index is 1.56. The van der Waals surface area contributed by atoms with Gasteiger partial charge in [0, 0.05) is 35.3 Å². The number of amides is 1. The molecule has 0 spiro atoms. The Bertz CT molecular complexity index is 949. The molecule has 4 nitrogen and oxygen atoms in total. The van der Waals surface area contributed by atoms with Crippen LogP contribution >= 0.6 is 35.0 Å². The molecule has 0 atom stereocenters. The number of anilines is 1. The Morgan fingerprint density at radius 2 is 2.04 bits per heavy atom. The van der Waals surface area contributed by atoms with Crippen LogP contribution in [0.4, 0.5) is 5.69 Å². The van der Waals surface area contributed by atoms with Gasteiger partial charge in [0.15, 0.2) is 5.16 Å². The molecule has 0 aliphatic carbocycles. The second kappa shape index (κ2) is 6.75. The summed E-state index contributed by atoms with van der Waals surface area (Å²) in [6.07, 6.45) is 2.05. The molecule has 7 heteroatoms. The molecule has 25 heavy (non-hydrogen) atoms. The van der Waals surface area contributed by atoms with Gasteiger partial charge in [-0.1, -0.05) is 47.1 Å². The molecule has 126 valence electrons. The van der Waals surface area contributed by atoms with E-state index < -0.39 is 0 Å². The maximum atomic E-state index is 12.4. The second-order valence-electron chi connectivity index (χ2n) is 5.61. The largest absolute Gasteiger partial charge is 0.325 e. The third-order valence-corrected chi connectivity index (χ3v) is 5.61. The third-order valence-electron chi connectivity index (χ3n) is 3.90. The van der Waals surface area contributed by atoms with Crippen LogP contribution in [0.5, 0.6) is 0 Å². The summed E-state index contributed by atoms with van der Waals surface area (Å²) in [4.78, 5) is 17.0. The number of nitrogens with one attached hydrogen (secondary N) is 1. The topological polar surface area (TPSA) is 46.9 Å².